The Kier molecular flexibility index (Phi) is 5.42. The van der Waals surface area contributed by atoms with Gasteiger partial charge in [-0.2, -0.15) is 0 Å². The number of ether oxygens (including phenoxy) is 1. The molecule has 0 aliphatic carbocycles. The molecule has 0 radical (unpaired) electrons. The van der Waals surface area contributed by atoms with Gasteiger partial charge >= 0.3 is 0 Å². The van der Waals surface area contributed by atoms with Crippen LogP contribution < -0.4 is 9.64 Å². The molecule has 1 aliphatic heterocycles. The quantitative estimate of drug-likeness (QED) is 0.323. The third-order valence-corrected chi connectivity index (χ3v) is 6.99. The Morgan fingerprint density at radius 1 is 1.21 bits per heavy atom. The molecule has 1 atom stereocenters. The predicted molar refractivity (Wildman–Crippen MR) is 127 cm³/mol. The zero-order valence-electron chi connectivity index (χ0n) is 18.0. The minimum atomic E-state index is -0.913. The van der Waals surface area contributed by atoms with Crippen LogP contribution in [-0.2, 0) is 4.79 Å². The van der Waals surface area contributed by atoms with Crippen molar-refractivity contribution in [1.82, 2.24) is 0 Å². The van der Waals surface area contributed by atoms with Gasteiger partial charge in [0.15, 0.2) is 22.9 Å². The van der Waals surface area contributed by atoms with Gasteiger partial charge in [-0.1, -0.05) is 11.6 Å². The van der Waals surface area contributed by atoms with Crippen LogP contribution in [0.15, 0.2) is 69.7 Å². The Hall–Kier alpha value is -3.62. The molecular formula is C25H17ClFNO5S. The van der Waals surface area contributed by atoms with Crippen LogP contribution in [0.1, 0.15) is 27.0 Å². The van der Waals surface area contributed by atoms with E-state index >= 15 is 0 Å². The fraction of sp³-hybridized carbons (Fsp3) is 0.120. The second kappa shape index (κ2) is 8.30. The lowest BCUT2D eigenvalue weighted by Gasteiger charge is -2.26. The molecule has 4 aromatic rings. The lowest BCUT2D eigenvalue weighted by molar-refractivity contribution is -0.117. The summed E-state index contributed by atoms with van der Waals surface area (Å²) in [5, 5.41) is 13.6. The average Bonchev–Trinajstić information content (AvgIpc) is 3.50. The van der Waals surface area contributed by atoms with E-state index in [0.717, 1.165) is 5.56 Å². The van der Waals surface area contributed by atoms with Gasteiger partial charge in [0.05, 0.1) is 12.7 Å². The van der Waals surface area contributed by atoms with Crippen molar-refractivity contribution in [3.63, 3.8) is 0 Å². The highest BCUT2D eigenvalue weighted by atomic mass is 35.5. The zero-order chi connectivity index (χ0) is 24.1. The molecule has 1 unspecified atom stereocenters. The number of ketones is 1. The molecule has 0 bridgehead atoms. The van der Waals surface area contributed by atoms with E-state index in [1.807, 2.05) is 18.4 Å². The third kappa shape index (κ3) is 3.46. The van der Waals surface area contributed by atoms with Gasteiger partial charge in [-0.05, 0) is 60.3 Å². The summed E-state index contributed by atoms with van der Waals surface area (Å²) in [5.74, 6) is -2.29. The number of nitrogens with zero attached hydrogens (tertiary/aromatic N) is 1. The first-order valence-corrected chi connectivity index (χ1v) is 11.4. The first kappa shape index (κ1) is 22.2. The molecule has 2 aromatic heterocycles. The highest BCUT2D eigenvalue weighted by Crippen LogP contribution is 2.45. The highest BCUT2D eigenvalue weighted by molar-refractivity contribution is 7.10. The van der Waals surface area contributed by atoms with Gasteiger partial charge in [0.2, 0.25) is 5.78 Å². The van der Waals surface area contributed by atoms with Crippen molar-refractivity contribution in [2.24, 2.45) is 0 Å². The van der Waals surface area contributed by atoms with Crippen LogP contribution in [0.2, 0.25) is 5.02 Å². The van der Waals surface area contributed by atoms with Gasteiger partial charge in [0.1, 0.15) is 11.9 Å². The van der Waals surface area contributed by atoms with Crippen LogP contribution in [-0.4, -0.2) is 23.9 Å². The summed E-state index contributed by atoms with van der Waals surface area (Å²) in [6.45, 7) is 1.85. The maximum absolute atomic E-state index is 13.7. The summed E-state index contributed by atoms with van der Waals surface area (Å²) >= 11 is 7.48. The van der Waals surface area contributed by atoms with E-state index in [1.54, 1.807) is 12.1 Å². The van der Waals surface area contributed by atoms with Crippen molar-refractivity contribution >= 4 is 51.3 Å². The molecule has 172 valence electrons. The Morgan fingerprint density at radius 3 is 2.59 bits per heavy atom. The van der Waals surface area contributed by atoms with Crippen LogP contribution in [0, 0.1) is 12.7 Å². The van der Waals surface area contributed by atoms with E-state index in [0.29, 0.717) is 32.3 Å². The number of benzene rings is 2. The monoisotopic (exact) mass is 497 g/mol. The van der Waals surface area contributed by atoms with Gasteiger partial charge in [-0.25, -0.2) is 4.39 Å². The van der Waals surface area contributed by atoms with Crippen molar-refractivity contribution < 1.29 is 28.2 Å². The van der Waals surface area contributed by atoms with Gasteiger partial charge in [-0.3, -0.25) is 14.5 Å². The number of hydrogen-bond acceptors (Lipinski definition) is 6. The standard InChI is InChI=1S/C25H17ClFNO5S/c1-12-7-8-34-24(12)20-19(22(30)25(31)28(20)16-5-3-15(27)4-6-16)21(29)17-10-13-9-14(26)11-18(32-2)23(13)33-17/h3-11,20,30H,1-2H3. The third-order valence-electron chi connectivity index (χ3n) is 5.70. The molecule has 9 heteroatoms. The fourth-order valence-electron chi connectivity index (χ4n) is 4.10. The number of fused-ring (bicyclic) bond motifs is 1. The molecule has 1 N–H and O–H groups in total. The van der Waals surface area contributed by atoms with Crippen molar-refractivity contribution in [2.45, 2.75) is 13.0 Å². The molecule has 1 amide bonds. The summed E-state index contributed by atoms with van der Waals surface area (Å²) in [4.78, 5) is 28.9. The number of methoxy groups -OCH3 is 1. The van der Waals surface area contributed by atoms with Crippen LogP contribution in [0.5, 0.6) is 5.75 Å². The summed E-state index contributed by atoms with van der Waals surface area (Å²) < 4.78 is 24.7. The molecule has 0 fully saturated rings. The number of carbonyl (C=O) groups is 2. The largest absolute Gasteiger partial charge is 0.503 e. The van der Waals surface area contributed by atoms with Crippen molar-refractivity contribution in [2.75, 3.05) is 12.0 Å². The molecule has 5 rings (SSSR count). The average molecular weight is 498 g/mol. The number of halogens is 2. The number of rotatable bonds is 5. The fourth-order valence-corrected chi connectivity index (χ4v) is 5.34. The van der Waals surface area contributed by atoms with E-state index in [2.05, 4.69) is 0 Å². The molecule has 0 spiro atoms. The Bertz CT molecular complexity index is 1490. The maximum Gasteiger partial charge on any atom is 0.294 e. The Morgan fingerprint density at radius 2 is 1.94 bits per heavy atom. The number of anilines is 1. The first-order chi connectivity index (χ1) is 16.3. The number of aliphatic hydroxyl groups is 1. The first-order valence-electron chi connectivity index (χ1n) is 10.2. The van der Waals surface area contributed by atoms with Gasteiger partial charge in [0.25, 0.3) is 5.91 Å². The van der Waals surface area contributed by atoms with Crippen LogP contribution >= 0.6 is 22.9 Å². The topological polar surface area (TPSA) is 80.0 Å². The van der Waals surface area contributed by atoms with Gasteiger partial charge < -0.3 is 14.3 Å². The number of Topliss-reactive ketones (excluding diaryl/α,β-unsaturated/α-hetero) is 1. The lowest BCUT2D eigenvalue weighted by Crippen LogP contribution is -2.30. The lowest BCUT2D eigenvalue weighted by atomic mass is 9.98. The Labute approximate surface area is 202 Å². The van der Waals surface area contributed by atoms with E-state index in [4.69, 9.17) is 20.8 Å². The van der Waals surface area contributed by atoms with Crippen molar-refractivity contribution in [1.29, 1.82) is 0 Å². The van der Waals surface area contributed by atoms with Crippen LogP contribution in [0.25, 0.3) is 11.0 Å². The summed E-state index contributed by atoms with van der Waals surface area (Å²) in [6.07, 6.45) is 0. The SMILES string of the molecule is COc1cc(Cl)cc2cc(C(=O)C3=C(O)C(=O)N(c4ccc(F)cc4)C3c3sccc3C)oc12. The second-order valence-electron chi connectivity index (χ2n) is 7.75. The number of amides is 1. The van der Waals surface area contributed by atoms with Crippen molar-refractivity contribution in [3.05, 3.63) is 92.3 Å². The second-order valence-corrected chi connectivity index (χ2v) is 9.13. The Balaban J connectivity index is 1.66. The molecule has 6 nitrogen and oxygen atoms in total. The summed E-state index contributed by atoms with van der Waals surface area (Å²) in [5.41, 5.74) is 1.38. The number of furan rings is 1. The van der Waals surface area contributed by atoms with E-state index < -0.39 is 29.3 Å². The molecule has 3 heterocycles. The molecule has 0 saturated heterocycles. The normalized spacial score (nSPS) is 16.1. The molecule has 34 heavy (non-hydrogen) atoms. The highest BCUT2D eigenvalue weighted by Gasteiger charge is 2.46. The maximum atomic E-state index is 13.7. The van der Waals surface area contributed by atoms with Crippen LogP contribution in [0.3, 0.4) is 0 Å². The molecule has 0 saturated carbocycles. The zero-order valence-corrected chi connectivity index (χ0v) is 19.5. The number of carbonyl (C=O) groups excluding carboxylic acids is 2. The summed E-state index contributed by atoms with van der Waals surface area (Å²) in [6, 6.07) is 10.9. The molecule has 1 aliphatic rings. The van der Waals surface area contributed by atoms with Gasteiger partial charge in [-0.15, -0.1) is 11.3 Å². The minimum absolute atomic E-state index is 0.0786. The van der Waals surface area contributed by atoms with Gasteiger partial charge in [0, 0.05) is 27.0 Å². The minimum Gasteiger partial charge on any atom is -0.503 e. The van der Waals surface area contributed by atoms with Crippen molar-refractivity contribution in [3.8, 4) is 5.75 Å². The van der Waals surface area contributed by atoms with Crippen LogP contribution in [0.4, 0.5) is 10.1 Å². The molecular weight excluding hydrogens is 481 g/mol. The van der Waals surface area contributed by atoms with E-state index in [1.165, 1.54) is 53.7 Å². The number of aliphatic hydroxyl groups excluding tert-OH is 1. The number of aryl methyl sites for hydroxylation is 1. The number of thiophene rings is 1. The van der Waals surface area contributed by atoms with E-state index in [-0.39, 0.29) is 11.3 Å². The predicted octanol–water partition coefficient (Wildman–Crippen LogP) is 6.39. The number of hydrogen-bond donors (Lipinski definition) is 1. The molecule has 2 aromatic carbocycles. The summed E-state index contributed by atoms with van der Waals surface area (Å²) in [7, 11) is 1.45. The smallest absolute Gasteiger partial charge is 0.294 e. The van der Waals surface area contributed by atoms with E-state index in [9.17, 15) is 19.1 Å².